The zero-order chi connectivity index (χ0) is 10.5. The molecule has 0 aliphatic heterocycles. The van der Waals surface area contributed by atoms with Crippen LogP contribution in [0.15, 0.2) is 24.3 Å². The van der Waals surface area contributed by atoms with Crippen molar-refractivity contribution in [3.05, 3.63) is 30.1 Å². The summed E-state index contributed by atoms with van der Waals surface area (Å²) >= 11 is 0. The van der Waals surface area contributed by atoms with Gasteiger partial charge in [-0.25, -0.2) is 4.39 Å². The first-order valence-electron chi connectivity index (χ1n) is 5.77. The number of hydrogen-bond acceptors (Lipinski definition) is 1. The maximum absolute atomic E-state index is 13.3. The fraction of sp³-hybridized carbons (Fsp3) is 0.538. The molecule has 1 aliphatic carbocycles. The highest BCUT2D eigenvalue weighted by atomic mass is 19.1. The molecule has 0 N–H and O–H groups in total. The molecular weight excluding hydrogens is 191 g/mol. The maximum Gasteiger partial charge on any atom is 0.165 e. The van der Waals surface area contributed by atoms with Gasteiger partial charge in [0, 0.05) is 0 Å². The van der Waals surface area contributed by atoms with Crippen LogP contribution >= 0.6 is 0 Å². The van der Waals surface area contributed by atoms with Gasteiger partial charge in [0.2, 0.25) is 0 Å². The second-order valence-corrected chi connectivity index (χ2v) is 4.16. The van der Waals surface area contributed by atoms with E-state index in [1.165, 1.54) is 31.7 Å². The van der Waals surface area contributed by atoms with Crippen LogP contribution in [0.25, 0.3) is 0 Å². The van der Waals surface area contributed by atoms with E-state index in [-0.39, 0.29) is 11.9 Å². The van der Waals surface area contributed by atoms with Crippen molar-refractivity contribution in [3.8, 4) is 5.75 Å². The molecule has 1 aromatic carbocycles. The molecule has 0 atom stereocenters. The van der Waals surface area contributed by atoms with Gasteiger partial charge in [0.25, 0.3) is 0 Å². The van der Waals surface area contributed by atoms with E-state index in [0.29, 0.717) is 5.75 Å². The normalized spacial score (nSPS) is 18.5. The molecule has 0 unspecified atom stereocenters. The molecule has 82 valence electrons. The van der Waals surface area contributed by atoms with E-state index in [9.17, 15) is 4.39 Å². The zero-order valence-electron chi connectivity index (χ0n) is 8.92. The van der Waals surface area contributed by atoms with E-state index in [0.717, 1.165) is 12.8 Å². The van der Waals surface area contributed by atoms with Gasteiger partial charge in [-0.15, -0.1) is 0 Å². The summed E-state index contributed by atoms with van der Waals surface area (Å²) in [5.74, 6) is 0.158. The third-order valence-electron chi connectivity index (χ3n) is 2.93. The van der Waals surface area contributed by atoms with E-state index >= 15 is 0 Å². The van der Waals surface area contributed by atoms with E-state index < -0.39 is 0 Å². The Morgan fingerprint density at radius 2 is 1.67 bits per heavy atom. The summed E-state index contributed by atoms with van der Waals surface area (Å²) in [4.78, 5) is 0. The molecule has 0 radical (unpaired) electrons. The fourth-order valence-corrected chi connectivity index (χ4v) is 2.08. The van der Waals surface area contributed by atoms with Crippen molar-refractivity contribution < 1.29 is 9.13 Å². The number of rotatable bonds is 2. The maximum atomic E-state index is 13.3. The fourth-order valence-electron chi connectivity index (χ4n) is 2.08. The quantitative estimate of drug-likeness (QED) is 0.669. The molecule has 1 aromatic rings. The van der Waals surface area contributed by atoms with Crippen LogP contribution in [0.2, 0.25) is 0 Å². The minimum Gasteiger partial charge on any atom is -0.487 e. The first kappa shape index (κ1) is 10.5. The molecule has 0 aromatic heterocycles. The van der Waals surface area contributed by atoms with E-state index in [2.05, 4.69) is 0 Å². The van der Waals surface area contributed by atoms with Crippen molar-refractivity contribution in [1.82, 2.24) is 0 Å². The molecule has 2 heteroatoms. The summed E-state index contributed by atoms with van der Waals surface area (Å²) in [6.07, 6.45) is 7.33. The lowest BCUT2D eigenvalue weighted by Gasteiger charge is -2.17. The van der Waals surface area contributed by atoms with Crippen molar-refractivity contribution in [3.63, 3.8) is 0 Å². The van der Waals surface area contributed by atoms with Gasteiger partial charge in [-0.05, 0) is 37.8 Å². The van der Waals surface area contributed by atoms with Gasteiger partial charge in [0.15, 0.2) is 11.6 Å². The van der Waals surface area contributed by atoms with Gasteiger partial charge in [-0.3, -0.25) is 0 Å². The largest absolute Gasteiger partial charge is 0.487 e. The summed E-state index contributed by atoms with van der Waals surface area (Å²) in [6.45, 7) is 0. The third kappa shape index (κ3) is 2.95. The summed E-state index contributed by atoms with van der Waals surface area (Å²) in [6, 6.07) is 6.66. The second kappa shape index (κ2) is 5.15. The summed E-state index contributed by atoms with van der Waals surface area (Å²) < 4.78 is 19.0. The van der Waals surface area contributed by atoms with Gasteiger partial charge in [0.05, 0.1) is 6.10 Å². The Morgan fingerprint density at radius 1 is 1.00 bits per heavy atom. The van der Waals surface area contributed by atoms with E-state index in [4.69, 9.17) is 4.74 Å². The Bertz CT molecular complexity index is 303. The van der Waals surface area contributed by atoms with Gasteiger partial charge in [0.1, 0.15) is 0 Å². The van der Waals surface area contributed by atoms with Crippen LogP contribution in [0.1, 0.15) is 38.5 Å². The van der Waals surface area contributed by atoms with Crippen LogP contribution in [-0.4, -0.2) is 6.10 Å². The lowest BCUT2D eigenvalue weighted by molar-refractivity contribution is 0.176. The zero-order valence-corrected chi connectivity index (χ0v) is 8.92. The molecular formula is C13H17FO. The van der Waals surface area contributed by atoms with Crippen LogP contribution < -0.4 is 4.74 Å². The summed E-state index contributed by atoms with van der Waals surface area (Å²) in [5.41, 5.74) is 0. The predicted molar refractivity (Wildman–Crippen MR) is 58.5 cm³/mol. The minimum absolute atomic E-state index is 0.212. The number of ether oxygens (including phenoxy) is 1. The highest BCUT2D eigenvalue weighted by Gasteiger charge is 2.14. The third-order valence-corrected chi connectivity index (χ3v) is 2.93. The topological polar surface area (TPSA) is 9.23 Å². The number of para-hydroxylation sites is 1. The van der Waals surface area contributed by atoms with Crippen molar-refractivity contribution >= 4 is 0 Å². The van der Waals surface area contributed by atoms with Crippen LogP contribution in [0.3, 0.4) is 0 Å². The van der Waals surface area contributed by atoms with Crippen LogP contribution in [0, 0.1) is 5.82 Å². The van der Waals surface area contributed by atoms with Crippen molar-refractivity contribution in [2.45, 2.75) is 44.6 Å². The van der Waals surface area contributed by atoms with Crippen molar-refractivity contribution in [2.75, 3.05) is 0 Å². The van der Waals surface area contributed by atoms with E-state index in [1.807, 2.05) is 6.07 Å². The molecule has 0 bridgehead atoms. The molecule has 0 amide bonds. The number of halogens is 1. The lowest BCUT2D eigenvalue weighted by atomic mass is 10.1. The molecule has 0 spiro atoms. The standard InChI is InChI=1S/C13H17FO/c14-12-9-5-6-10-13(12)15-11-7-3-1-2-4-8-11/h5-6,9-11H,1-4,7-8H2. The summed E-state index contributed by atoms with van der Waals surface area (Å²) in [7, 11) is 0. The predicted octanol–water partition coefficient (Wildman–Crippen LogP) is 3.93. The number of benzene rings is 1. The van der Waals surface area contributed by atoms with Crippen LogP contribution in [-0.2, 0) is 0 Å². The Kier molecular flexibility index (Phi) is 3.59. The van der Waals surface area contributed by atoms with Crippen LogP contribution in [0.5, 0.6) is 5.75 Å². The van der Waals surface area contributed by atoms with Gasteiger partial charge in [-0.1, -0.05) is 25.0 Å². The molecule has 2 rings (SSSR count). The molecule has 15 heavy (non-hydrogen) atoms. The molecule has 0 heterocycles. The average Bonchev–Trinajstić information content (AvgIpc) is 2.50. The molecule has 1 nitrogen and oxygen atoms in total. The first-order chi connectivity index (χ1) is 7.36. The van der Waals surface area contributed by atoms with Gasteiger partial charge >= 0.3 is 0 Å². The summed E-state index contributed by atoms with van der Waals surface area (Å²) in [5, 5.41) is 0. The van der Waals surface area contributed by atoms with Crippen molar-refractivity contribution in [2.24, 2.45) is 0 Å². The van der Waals surface area contributed by atoms with Crippen molar-refractivity contribution in [1.29, 1.82) is 0 Å². The molecule has 1 aliphatic rings. The van der Waals surface area contributed by atoms with Crippen LogP contribution in [0.4, 0.5) is 4.39 Å². The Balaban J connectivity index is 1.98. The lowest BCUT2D eigenvalue weighted by Crippen LogP contribution is -2.15. The Labute approximate surface area is 90.3 Å². The van der Waals surface area contributed by atoms with E-state index in [1.54, 1.807) is 12.1 Å². The molecule has 0 saturated heterocycles. The Hall–Kier alpha value is -1.05. The van der Waals surface area contributed by atoms with Gasteiger partial charge < -0.3 is 4.74 Å². The molecule has 1 fully saturated rings. The first-order valence-corrected chi connectivity index (χ1v) is 5.77. The smallest absolute Gasteiger partial charge is 0.165 e. The highest BCUT2D eigenvalue weighted by molar-refractivity contribution is 5.23. The Morgan fingerprint density at radius 3 is 2.33 bits per heavy atom. The minimum atomic E-state index is -0.248. The SMILES string of the molecule is Fc1ccccc1OC1CCCCCC1. The van der Waals surface area contributed by atoms with Gasteiger partial charge in [-0.2, -0.15) is 0 Å². The number of hydrogen-bond donors (Lipinski definition) is 0. The second-order valence-electron chi connectivity index (χ2n) is 4.16. The highest BCUT2D eigenvalue weighted by Crippen LogP contribution is 2.24. The average molecular weight is 208 g/mol. The molecule has 1 saturated carbocycles. The monoisotopic (exact) mass is 208 g/mol.